The maximum absolute atomic E-state index is 5.02. The van der Waals surface area contributed by atoms with E-state index in [1.165, 1.54) is 39.1 Å². The molecule has 2 heteroatoms. The van der Waals surface area contributed by atoms with Crippen molar-refractivity contribution in [1.82, 2.24) is 4.90 Å². The van der Waals surface area contributed by atoms with Crippen molar-refractivity contribution in [2.24, 2.45) is 4.99 Å². The summed E-state index contributed by atoms with van der Waals surface area (Å²) in [6.07, 6.45) is 5.54. The van der Waals surface area contributed by atoms with Crippen LogP contribution in [0.4, 0.5) is 5.69 Å². The van der Waals surface area contributed by atoms with Crippen LogP contribution in [0.2, 0.25) is 0 Å². The number of nitrogens with zero attached hydrogens (tertiary/aromatic N) is 2. The van der Waals surface area contributed by atoms with Crippen LogP contribution in [-0.4, -0.2) is 24.7 Å². The first-order chi connectivity index (χ1) is 12.4. The van der Waals surface area contributed by atoms with E-state index in [0.29, 0.717) is 0 Å². The molecule has 0 bridgehead atoms. The predicted octanol–water partition coefficient (Wildman–Crippen LogP) is 5.99. The molecule has 0 atom stereocenters. The second-order valence-corrected chi connectivity index (χ2v) is 7.39. The molecule has 3 rings (SSSR count). The van der Waals surface area contributed by atoms with E-state index >= 15 is 0 Å². The van der Waals surface area contributed by atoms with Crippen molar-refractivity contribution in [2.45, 2.75) is 34.1 Å². The SMILES string of the molecule is CC(=Nc1c(C)cc(C)cc1C)c1ccccc1C1=CC(N(C)C)=CC1. The number of hydrogen-bond donors (Lipinski definition) is 0. The van der Waals surface area contributed by atoms with Crippen LogP contribution in [-0.2, 0) is 0 Å². The van der Waals surface area contributed by atoms with Gasteiger partial charge in [0.25, 0.3) is 0 Å². The molecule has 134 valence electrons. The third-order valence-corrected chi connectivity index (χ3v) is 4.95. The van der Waals surface area contributed by atoms with E-state index < -0.39 is 0 Å². The number of aliphatic imine (C=N–C) groups is 1. The fourth-order valence-corrected chi connectivity index (χ4v) is 3.67. The van der Waals surface area contributed by atoms with Crippen molar-refractivity contribution in [3.63, 3.8) is 0 Å². The fourth-order valence-electron chi connectivity index (χ4n) is 3.67. The zero-order valence-electron chi connectivity index (χ0n) is 16.7. The van der Waals surface area contributed by atoms with Crippen molar-refractivity contribution in [3.05, 3.63) is 82.1 Å². The van der Waals surface area contributed by atoms with E-state index in [9.17, 15) is 0 Å². The quantitative estimate of drug-likeness (QED) is 0.622. The topological polar surface area (TPSA) is 15.6 Å². The Morgan fingerprint density at radius 1 is 1.00 bits per heavy atom. The lowest BCUT2D eigenvalue weighted by Crippen LogP contribution is -2.07. The Balaban J connectivity index is 2.03. The second kappa shape index (κ2) is 7.33. The maximum atomic E-state index is 5.02. The molecule has 0 amide bonds. The summed E-state index contributed by atoms with van der Waals surface area (Å²) in [4.78, 5) is 7.18. The van der Waals surface area contributed by atoms with Crippen LogP contribution in [0.15, 0.2) is 59.2 Å². The maximum Gasteiger partial charge on any atom is 0.0691 e. The van der Waals surface area contributed by atoms with E-state index in [1.54, 1.807) is 0 Å². The molecule has 2 aromatic rings. The monoisotopic (exact) mass is 344 g/mol. The van der Waals surface area contributed by atoms with E-state index in [-0.39, 0.29) is 0 Å². The van der Waals surface area contributed by atoms with Crippen LogP contribution in [0.3, 0.4) is 0 Å². The molecule has 0 N–H and O–H groups in total. The Hall–Kier alpha value is -2.61. The summed E-state index contributed by atoms with van der Waals surface area (Å²) in [6, 6.07) is 13.0. The zero-order valence-corrected chi connectivity index (χ0v) is 16.7. The number of rotatable bonds is 4. The zero-order chi connectivity index (χ0) is 18.8. The molecule has 0 unspecified atom stereocenters. The van der Waals surface area contributed by atoms with Crippen LogP contribution in [0.25, 0.3) is 5.57 Å². The van der Waals surface area contributed by atoms with Gasteiger partial charge in [0.05, 0.1) is 5.69 Å². The van der Waals surface area contributed by atoms with Crippen molar-refractivity contribution >= 4 is 17.0 Å². The van der Waals surface area contributed by atoms with Crippen LogP contribution in [0.1, 0.15) is 41.2 Å². The second-order valence-electron chi connectivity index (χ2n) is 7.39. The molecule has 0 saturated heterocycles. The summed E-state index contributed by atoms with van der Waals surface area (Å²) >= 11 is 0. The average molecular weight is 345 g/mol. The average Bonchev–Trinajstić information content (AvgIpc) is 3.08. The van der Waals surface area contributed by atoms with Gasteiger partial charge in [0, 0.05) is 31.1 Å². The number of aryl methyl sites for hydroxylation is 3. The minimum absolute atomic E-state index is 0.973. The first-order valence-electron chi connectivity index (χ1n) is 9.18. The van der Waals surface area contributed by atoms with Gasteiger partial charge in [-0.15, -0.1) is 0 Å². The molecular formula is C24H28N2. The molecular weight excluding hydrogens is 316 g/mol. The van der Waals surface area contributed by atoms with Crippen molar-refractivity contribution in [2.75, 3.05) is 14.1 Å². The molecule has 0 fully saturated rings. The molecule has 0 radical (unpaired) electrons. The standard InChI is InChI=1S/C24H28N2/c1-16-13-17(2)24(18(3)14-16)25-19(4)22-9-7-8-10-23(22)20-11-12-21(15-20)26(5)6/h7-10,12-15H,11H2,1-6H3. The van der Waals surface area contributed by atoms with Crippen molar-refractivity contribution < 1.29 is 0 Å². The summed E-state index contributed by atoms with van der Waals surface area (Å²) in [7, 11) is 4.18. The third-order valence-electron chi connectivity index (χ3n) is 4.95. The van der Waals surface area contributed by atoms with Gasteiger partial charge in [0.2, 0.25) is 0 Å². The summed E-state index contributed by atoms with van der Waals surface area (Å²) in [5, 5.41) is 0. The highest BCUT2D eigenvalue weighted by Crippen LogP contribution is 2.32. The highest BCUT2D eigenvalue weighted by atomic mass is 15.1. The Kier molecular flexibility index (Phi) is 5.13. The van der Waals surface area contributed by atoms with E-state index in [0.717, 1.165) is 17.8 Å². The minimum atomic E-state index is 0.973. The molecule has 1 aliphatic rings. The molecule has 0 spiro atoms. The van der Waals surface area contributed by atoms with Gasteiger partial charge in [-0.2, -0.15) is 0 Å². The van der Waals surface area contributed by atoms with Gasteiger partial charge >= 0.3 is 0 Å². The summed E-state index contributed by atoms with van der Waals surface area (Å²) in [5.41, 5.74) is 11.0. The lowest BCUT2D eigenvalue weighted by atomic mass is 9.96. The Bertz CT molecular complexity index is 904. The smallest absolute Gasteiger partial charge is 0.0691 e. The molecule has 2 nitrogen and oxygen atoms in total. The molecule has 0 heterocycles. The molecule has 0 saturated carbocycles. The summed E-state index contributed by atoms with van der Waals surface area (Å²) < 4.78 is 0. The predicted molar refractivity (Wildman–Crippen MR) is 113 cm³/mol. The van der Waals surface area contributed by atoms with Crippen LogP contribution < -0.4 is 0 Å². The van der Waals surface area contributed by atoms with Crippen molar-refractivity contribution in [1.29, 1.82) is 0 Å². The van der Waals surface area contributed by atoms with Crippen LogP contribution >= 0.6 is 0 Å². The molecule has 26 heavy (non-hydrogen) atoms. The van der Waals surface area contributed by atoms with Crippen LogP contribution in [0.5, 0.6) is 0 Å². The number of benzene rings is 2. The first kappa shape index (κ1) is 18.2. The largest absolute Gasteiger partial charge is 0.378 e. The van der Waals surface area contributed by atoms with E-state index in [2.05, 4.69) is 95.2 Å². The van der Waals surface area contributed by atoms with Gasteiger partial charge in [-0.1, -0.05) is 48.0 Å². The highest BCUT2D eigenvalue weighted by Gasteiger charge is 2.15. The molecule has 0 aromatic heterocycles. The molecule has 2 aromatic carbocycles. The highest BCUT2D eigenvalue weighted by molar-refractivity contribution is 6.04. The van der Waals surface area contributed by atoms with Gasteiger partial charge in [-0.25, -0.2) is 0 Å². The van der Waals surface area contributed by atoms with Gasteiger partial charge in [-0.05, 0) is 62.5 Å². The van der Waals surface area contributed by atoms with Gasteiger partial charge in [0.1, 0.15) is 0 Å². The van der Waals surface area contributed by atoms with E-state index in [1.807, 2.05) is 0 Å². The summed E-state index contributed by atoms with van der Waals surface area (Å²) in [5.74, 6) is 0. The van der Waals surface area contributed by atoms with E-state index in [4.69, 9.17) is 4.99 Å². The Morgan fingerprint density at radius 3 is 2.27 bits per heavy atom. The number of likely N-dealkylation sites (N-methyl/N-ethyl adjacent to an activating group) is 1. The van der Waals surface area contributed by atoms with Crippen LogP contribution in [0, 0.1) is 20.8 Å². The normalized spacial score (nSPS) is 14.3. The van der Waals surface area contributed by atoms with Gasteiger partial charge < -0.3 is 4.90 Å². The number of allylic oxidation sites excluding steroid dienone is 3. The third kappa shape index (κ3) is 3.65. The van der Waals surface area contributed by atoms with Gasteiger partial charge in [-0.3, -0.25) is 4.99 Å². The minimum Gasteiger partial charge on any atom is -0.378 e. The Labute approximate surface area is 157 Å². The fraction of sp³-hybridized carbons (Fsp3) is 0.292. The first-order valence-corrected chi connectivity index (χ1v) is 9.18. The summed E-state index contributed by atoms with van der Waals surface area (Å²) in [6.45, 7) is 8.54. The van der Waals surface area contributed by atoms with Gasteiger partial charge in [0.15, 0.2) is 0 Å². The number of hydrogen-bond acceptors (Lipinski definition) is 2. The lowest BCUT2D eigenvalue weighted by Gasteiger charge is -2.13. The molecule has 1 aliphatic carbocycles. The lowest BCUT2D eigenvalue weighted by molar-refractivity contribution is 0.531. The van der Waals surface area contributed by atoms with Crippen molar-refractivity contribution in [3.8, 4) is 0 Å². The Morgan fingerprint density at radius 2 is 1.65 bits per heavy atom. The molecule has 0 aliphatic heterocycles.